The second kappa shape index (κ2) is 8.83. The smallest absolute Gasteiger partial charge is 0.256 e. The topological polar surface area (TPSA) is 26.2 Å². The fourth-order valence-corrected chi connectivity index (χ4v) is 3.30. The molecule has 3 nitrogen and oxygen atoms in total. The third-order valence-electron chi connectivity index (χ3n) is 4.12. The second-order valence-corrected chi connectivity index (χ2v) is 6.69. The fourth-order valence-electron chi connectivity index (χ4n) is 2.87. The van der Waals surface area contributed by atoms with E-state index in [1.165, 1.54) is 0 Å². The second-order valence-electron chi connectivity index (χ2n) is 5.81. The summed E-state index contributed by atoms with van der Waals surface area (Å²) in [5, 5.41) is 4.12. The third-order valence-corrected chi connectivity index (χ3v) is 4.85. The molecule has 0 bridgehead atoms. The molecule has 3 aromatic rings. The van der Waals surface area contributed by atoms with Gasteiger partial charge < -0.3 is 14.6 Å². The molecule has 0 aliphatic carbocycles. The Morgan fingerprint density at radius 3 is 2.74 bits per heavy atom. The number of alkyl halides is 2. The number of methoxy groups -OCH3 is 1. The molecule has 140 valence electrons. The zero-order valence-corrected chi connectivity index (χ0v) is 15.9. The van der Waals surface area contributed by atoms with Crippen molar-refractivity contribution in [2.24, 2.45) is 0 Å². The third kappa shape index (κ3) is 4.55. The van der Waals surface area contributed by atoms with E-state index in [9.17, 15) is 8.78 Å². The molecular formula is C21H20F2N2OS. The number of benzene rings is 2. The lowest BCUT2D eigenvalue weighted by atomic mass is 10.2. The maximum absolute atomic E-state index is 13.0. The number of hydrogen-bond acceptors (Lipinski definition) is 3. The number of fused-ring (bicyclic) bond motifs is 1. The lowest BCUT2D eigenvalue weighted by Crippen LogP contribution is -2.08. The summed E-state index contributed by atoms with van der Waals surface area (Å²) in [6.45, 7) is 0.0140. The highest BCUT2D eigenvalue weighted by atomic mass is 32.2. The lowest BCUT2D eigenvalue weighted by molar-refractivity contribution is 0.128. The minimum atomic E-state index is -2.43. The first-order valence-electron chi connectivity index (χ1n) is 8.43. The summed E-state index contributed by atoms with van der Waals surface area (Å²) in [5.74, 6) is 6.77. The van der Waals surface area contributed by atoms with E-state index in [-0.39, 0.29) is 6.54 Å². The number of nitrogens with zero attached hydrogens (tertiary/aromatic N) is 1. The molecule has 0 aliphatic heterocycles. The van der Waals surface area contributed by atoms with E-state index in [2.05, 4.69) is 17.2 Å². The number of aromatic nitrogens is 1. The van der Waals surface area contributed by atoms with E-state index in [4.69, 9.17) is 4.74 Å². The Bertz CT molecular complexity index is 989. The summed E-state index contributed by atoms with van der Waals surface area (Å²) in [7, 11) is 1.62. The van der Waals surface area contributed by atoms with Crippen molar-refractivity contribution in [1.29, 1.82) is 0 Å². The van der Waals surface area contributed by atoms with E-state index < -0.39 is 6.43 Å². The average molecular weight is 386 g/mol. The molecule has 6 heteroatoms. The number of rotatable bonds is 6. The number of halogens is 2. The summed E-state index contributed by atoms with van der Waals surface area (Å²) >= 11 is 1.64. The molecule has 0 spiro atoms. The standard InChI is InChI=1S/C21H20F2N2OS/c1-26-20-13-17(27-2)9-10-18(20)24-11-5-7-16-12-15-6-3-4-8-19(15)25(16)14-21(22)23/h3-4,6,8-10,12-13,21,24H,11,14H2,1-2H3. The first-order valence-corrected chi connectivity index (χ1v) is 9.66. The molecule has 0 aliphatic rings. The van der Waals surface area contributed by atoms with Gasteiger partial charge in [-0.2, -0.15) is 0 Å². The molecule has 0 unspecified atom stereocenters. The van der Waals surface area contributed by atoms with Crippen LogP contribution >= 0.6 is 11.8 Å². The highest BCUT2D eigenvalue weighted by molar-refractivity contribution is 7.98. The number of hydrogen-bond donors (Lipinski definition) is 1. The Morgan fingerprint density at radius 1 is 1.19 bits per heavy atom. The number of para-hydroxylation sites is 1. The minimum Gasteiger partial charge on any atom is -0.495 e. The van der Waals surface area contributed by atoms with Crippen LogP contribution in [-0.2, 0) is 6.54 Å². The van der Waals surface area contributed by atoms with Crippen LogP contribution in [0.25, 0.3) is 10.9 Å². The van der Waals surface area contributed by atoms with Gasteiger partial charge >= 0.3 is 0 Å². The van der Waals surface area contributed by atoms with Crippen molar-refractivity contribution in [1.82, 2.24) is 4.57 Å². The van der Waals surface area contributed by atoms with Gasteiger partial charge in [0.15, 0.2) is 0 Å². The van der Waals surface area contributed by atoms with Crippen molar-refractivity contribution >= 4 is 28.4 Å². The normalized spacial score (nSPS) is 10.7. The Hall–Kier alpha value is -2.65. The van der Waals surface area contributed by atoms with Gasteiger partial charge in [0.05, 0.1) is 31.6 Å². The van der Waals surface area contributed by atoms with Crippen molar-refractivity contribution < 1.29 is 13.5 Å². The monoisotopic (exact) mass is 386 g/mol. The Morgan fingerprint density at radius 2 is 2.00 bits per heavy atom. The van der Waals surface area contributed by atoms with Crippen LogP contribution < -0.4 is 10.1 Å². The quantitative estimate of drug-likeness (QED) is 0.471. The molecule has 1 heterocycles. The van der Waals surface area contributed by atoms with Crippen molar-refractivity contribution in [2.45, 2.75) is 17.9 Å². The van der Waals surface area contributed by atoms with Crippen LogP contribution in [0.1, 0.15) is 5.69 Å². The minimum absolute atomic E-state index is 0.366. The molecule has 1 N–H and O–H groups in total. The van der Waals surface area contributed by atoms with Crippen LogP contribution in [0.4, 0.5) is 14.5 Å². The molecule has 0 amide bonds. The van der Waals surface area contributed by atoms with Crippen molar-refractivity contribution in [3.8, 4) is 17.6 Å². The SMILES string of the molecule is COc1cc(SC)ccc1NCC#Cc1cc2ccccc2n1CC(F)F. The number of anilines is 1. The first-order chi connectivity index (χ1) is 13.1. The molecule has 0 fully saturated rings. The molecule has 27 heavy (non-hydrogen) atoms. The van der Waals surface area contributed by atoms with Crippen LogP contribution in [0.3, 0.4) is 0 Å². The van der Waals surface area contributed by atoms with E-state index in [0.29, 0.717) is 12.2 Å². The summed E-state index contributed by atoms with van der Waals surface area (Å²) in [6, 6.07) is 15.2. The van der Waals surface area contributed by atoms with Gasteiger partial charge in [-0.05, 0) is 42.5 Å². The summed E-state index contributed by atoms with van der Waals surface area (Å²) in [6.07, 6.45) is -0.426. The molecule has 3 rings (SSSR count). The maximum atomic E-state index is 13.0. The largest absolute Gasteiger partial charge is 0.495 e. The van der Waals surface area contributed by atoms with E-state index in [0.717, 1.165) is 27.2 Å². The molecule has 1 aromatic heterocycles. The van der Waals surface area contributed by atoms with Gasteiger partial charge in [-0.1, -0.05) is 24.1 Å². The fraction of sp³-hybridized carbons (Fsp3) is 0.238. The van der Waals surface area contributed by atoms with Gasteiger partial charge in [-0.15, -0.1) is 11.8 Å². The number of nitrogens with one attached hydrogen (secondary N) is 1. The summed E-state index contributed by atoms with van der Waals surface area (Å²) in [4.78, 5) is 1.11. The highest BCUT2D eigenvalue weighted by Gasteiger charge is 2.11. The molecular weight excluding hydrogens is 366 g/mol. The average Bonchev–Trinajstić information content (AvgIpc) is 3.02. The molecule has 0 saturated heterocycles. The Labute approximate surface area is 161 Å². The van der Waals surface area contributed by atoms with Crippen LogP contribution in [0, 0.1) is 11.8 Å². The van der Waals surface area contributed by atoms with Gasteiger partial charge in [0, 0.05) is 15.8 Å². The van der Waals surface area contributed by atoms with Crippen LogP contribution in [-0.4, -0.2) is 30.9 Å². The van der Waals surface area contributed by atoms with Crippen LogP contribution in [0.15, 0.2) is 53.4 Å². The number of ether oxygens (including phenoxy) is 1. The van der Waals surface area contributed by atoms with E-state index >= 15 is 0 Å². The van der Waals surface area contributed by atoms with Gasteiger partial charge in [0.25, 0.3) is 6.43 Å². The number of thioether (sulfide) groups is 1. The predicted octanol–water partition coefficient (Wildman–Crippen LogP) is 5.10. The van der Waals surface area contributed by atoms with Gasteiger partial charge in [0.2, 0.25) is 0 Å². The van der Waals surface area contributed by atoms with Gasteiger partial charge in [0.1, 0.15) is 5.75 Å². The van der Waals surface area contributed by atoms with Crippen molar-refractivity contribution in [3.63, 3.8) is 0 Å². The maximum Gasteiger partial charge on any atom is 0.256 e. The van der Waals surface area contributed by atoms with Gasteiger partial charge in [-0.25, -0.2) is 8.78 Å². The molecule has 0 atom stereocenters. The van der Waals surface area contributed by atoms with Crippen molar-refractivity contribution in [3.05, 3.63) is 54.2 Å². The lowest BCUT2D eigenvalue weighted by Gasteiger charge is -2.10. The molecule has 2 aromatic carbocycles. The summed E-state index contributed by atoms with van der Waals surface area (Å²) in [5.41, 5.74) is 2.20. The molecule has 0 radical (unpaired) electrons. The zero-order valence-electron chi connectivity index (χ0n) is 15.1. The van der Waals surface area contributed by atoms with Crippen LogP contribution in [0.5, 0.6) is 5.75 Å². The Kier molecular flexibility index (Phi) is 6.25. The molecule has 0 saturated carbocycles. The highest BCUT2D eigenvalue weighted by Crippen LogP contribution is 2.29. The van der Waals surface area contributed by atoms with E-state index in [1.54, 1.807) is 23.4 Å². The van der Waals surface area contributed by atoms with Crippen LogP contribution in [0.2, 0.25) is 0 Å². The van der Waals surface area contributed by atoms with Crippen molar-refractivity contribution in [2.75, 3.05) is 25.2 Å². The van der Waals surface area contributed by atoms with E-state index in [1.807, 2.05) is 54.8 Å². The first kappa shape index (κ1) is 19.1. The van der Waals surface area contributed by atoms with Gasteiger partial charge in [-0.3, -0.25) is 0 Å². The Balaban J connectivity index is 1.78. The zero-order chi connectivity index (χ0) is 19.2. The summed E-state index contributed by atoms with van der Waals surface area (Å²) < 4.78 is 32.9. The predicted molar refractivity (Wildman–Crippen MR) is 108 cm³/mol.